The topological polar surface area (TPSA) is 51.0 Å². The van der Waals surface area contributed by atoms with E-state index in [1.807, 2.05) is 7.05 Å². The average molecular weight is 314 g/mol. The Morgan fingerprint density at radius 1 is 1.25 bits per heavy atom. The molecule has 4 nitrogen and oxygen atoms in total. The van der Waals surface area contributed by atoms with Gasteiger partial charge in [-0.15, -0.1) is 0 Å². The maximum atomic E-state index is 5.97. The van der Waals surface area contributed by atoms with E-state index in [9.17, 15) is 0 Å². The number of hydrogen-bond acceptors (Lipinski definition) is 4. The van der Waals surface area contributed by atoms with Crippen molar-refractivity contribution < 1.29 is 4.52 Å². The van der Waals surface area contributed by atoms with Gasteiger partial charge >= 0.3 is 0 Å². The van der Waals surface area contributed by atoms with E-state index >= 15 is 0 Å². The monoisotopic (exact) mass is 313 g/mol. The Morgan fingerprint density at radius 2 is 1.95 bits per heavy atom. The van der Waals surface area contributed by atoms with Crippen LogP contribution in [0.5, 0.6) is 0 Å². The summed E-state index contributed by atoms with van der Waals surface area (Å²) in [4.78, 5) is 4.40. The Morgan fingerprint density at radius 3 is 2.55 bits per heavy atom. The first kappa shape index (κ1) is 15.3. The minimum Gasteiger partial charge on any atom is -0.339 e. The standard InChI is InChI=1S/C14H17Cl2N3O/c1-3-4-12(17-2)8-13-18-14(19-20-13)9-5-10(15)7-11(16)6-9/h5-7,12,17H,3-4,8H2,1-2H3. The van der Waals surface area contributed by atoms with E-state index in [4.69, 9.17) is 27.7 Å². The van der Waals surface area contributed by atoms with Crippen LogP contribution in [0.1, 0.15) is 25.7 Å². The summed E-state index contributed by atoms with van der Waals surface area (Å²) in [7, 11) is 1.94. The van der Waals surface area contributed by atoms with Crippen molar-refractivity contribution in [3.63, 3.8) is 0 Å². The second-order valence-electron chi connectivity index (χ2n) is 4.65. The number of hydrogen-bond donors (Lipinski definition) is 1. The van der Waals surface area contributed by atoms with E-state index in [0.717, 1.165) is 18.4 Å². The molecule has 1 atom stereocenters. The van der Waals surface area contributed by atoms with E-state index in [0.29, 0.717) is 34.2 Å². The van der Waals surface area contributed by atoms with Gasteiger partial charge in [-0.25, -0.2) is 0 Å². The molecule has 1 aromatic carbocycles. The molecule has 108 valence electrons. The molecule has 0 aliphatic rings. The molecule has 0 radical (unpaired) electrons. The molecule has 6 heteroatoms. The molecule has 0 saturated carbocycles. The lowest BCUT2D eigenvalue weighted by Gasteiger charge is -2.11. The Labute approximate surface area is 128 Å². The van der Waals surface area contributed by atoms with Crippen molar-refractivity contribution in [3.8, 4) is 11.4 Å². The Kier molecular flexibility index (Phi) is 5.40. The highest BCUT2D eigenvalue weighted by molar-refractivity contribution is 6.35. The van der Waals surface area contributed by atoms with Crippen LogP contribution in [0.4, 0.5) is 0 Å². The molecule has 1 N–H and O–H groups in total. The Hall–Kier alpha value is -1.10. The highest BCUT2D eigenvalue weighted by atomic mass is 35.5. The fourth-order valence-corrected chi connectivity index (χ4v) is 2.57. The summed E-state index contributed by atoms with van der Waals surface area (Å²) in [6, 6.07) is 5.55. The number of aromatic nitrogens is 2. The van der Waals surface area contributed by atoms with Gasteiger partial charge in [-0.1, -0.05) is 41.7 Å². The van der Waals surface area contributed by atoms with Crippen LogP contribution in [-0.2, 0) is 6.42 Å². The first-order chi connectivity index (χ1) is 9.62. The minimum atomic E-state index is 0.344. The lowest BCUT2D eigenvalue weighted by Crippen LogP contribution is -2.27. The molecular formula is C14H17Cl2N3O. The first-order valence-corrected chi connectivity index (χ1v) is 7.34. The summed E-state index contributed by atoms with van der Waals surface area (Å²) < 4.78 is 5.29. The normalized spacial score (nSPS) is 12.6. The molecule has 0 aliphatic carbocycles. The van der Waals surface area contributed by atoms with Crippen molar-refractivity contribution in [1.82, 2.24) is 15.5 Å². The molecular weight excluding hydrogens is 297 g/mol. The Bertz CT molecular complexity index is 551. The molecule has 0 saturated heterocycles. The fourth-order valence-electron chi connectivity index (χ4n) is 2.05. The van der Waals surface area contributed by atoms with Gasteiger partial charge in [-0.2, -0.15) is 4.98 Å². The van der Waals surface area contributed by atoms with Gasteiger partial charge in [0.15, 0.2) is 0 Å². The number of nitrogens with one attached hydrogen (secondary N) is 1. The number of halogens is 2. The van der Waals surface area contributed by atoms with Crippen molar-refractivity contribution in [3.05, 3.63) is 34.1 Å². The molecule has 2 aromatic rings. The van der Waals surface area contributed by atoms with E-state index < -0.39 is 0 Å². The molecule has 0 aliphatic heterocycles. The molecule has 1 heterocycles. The zero-order valence-corrected chi connectivity index (χ0v) is 13.0. The van der Waals surface area contributed by atoms with Crippen LogP contribution in [0, 0.1) is 0 Å². The quantitative estimate of drug-likeness (QED) is 0.876. The van der Waals surface area contributed by atoms with Crippen LogP contribution in [-0.4, -0.2) is 23.2 Å². The van der Waals surface area contributed by atoms with Crippen LogP contribution in [0.15, 0.2) is 22.7 Å². The third-order valence-electron chi connectivity index (χ3n) is 3.06. The zero-order chi connectivity index (χ0) is 14.5. The fraction of sp³-hybridized carbons (Fsp3) is 0.429. The summed E-state index contributed by atoms with van der Waals surface area (Å²) in [5.41, 5.74) is 0.758. The van der Waals surface area contributed by atoms with Crippen LogP contribution in [0.25, 0.3) is 11.4 Å². The van der Waals surface area contributed by atoms with E-state index in [1.54, 1.807) is 18.2 Å². The van der Waals surface area contributed by atoms with Crippen LogP contribution in [0.2, 0.25) is 10.0 Å². The number of rotatable bonds is 6. The SMILES string of the molecule is CCCC(Cc1nc(-c2cc(Cl)cc(Cl)c2)no1)NC. The minimum absolute atomic E-state index is 0.344. The van der Waals surface area contributed by atoms with Crippen molar-refractivity contribution in [1.29, 1.82) is 0 Å². The molecule has 20 heavy (non-hydrogen) atoms. The third kappa shape index (κ3) is 3.95. The van der Waals surface area contributed by atoms with Crippen molar-refractivity contribution in [2.75, 3.05) is 7.05 Å². The molecule has 0 fully saturated rings. The molecule has 0 amide bonds. The molecule has 1 unspecified atom stereocenters. The number of benzene rings is 1. The number of nitrogens with zero attached hydrogens (tertiary/aromatic N) is 2. The van der Waals surface area contributed by atoms with Gasteiger partial charge in [0.2, 0.25) is 11.7 Å². The largest absolute Gasteiger partial charge is 0.339 e. The maximum absolute atomic E-state index is 5.97. The van der Waals surface area contributed by atoms with Crippen LogP contribution >= 0.6 is 23.2 Å². The van der Waals surface area contributed by atoms with Gasteiger partial charge in [-0.05, 0) is 31.7 Å². The summed E-state index contributed by atoms with van der Waals surface area (Å²) in [5, 5.41) is 8.34. The molecule has 0 spiro atoms. The predicted molar refractivity (Wildman–Crippen MR) is 81.2 cm³/mol. The average Bonchev–Trinajstić information content (AvgIpc) is 2.85. The van der Waals surface area contributed by atoms with Gasteiger partial charge in [0.05, 0.1) is 0 Å². The Balaban J connectivity index is 2.15. The maximum Gasteiger partial charge on any atom is 0.228 e. The molecule has 0 bridgehead atoms. The van der Waals surface area contributed by atoms with Gasteiger partial charge < -0.3 is 9.84 Å². The van der Waals surface area contributed by atoms with Gasteiger partial charge in [-0.3, -0.25) is 0 Å². The second kappa shape index (κ2) is 7.07. The van der Waals surface area contributed by atoms with Gasteiger partial charge in [0.25, 0.3) is 0 Å². The summed E-state index contributed by atoms with van der Waals surface area (Å²) in [6.45, 7) is 2.15. The third-order valence-corrected chi connectivity index (χ3v) is 3.49. The summed E-state index contributed by atoms with van der Waals surface area (Å²) in [6.07, 6.45) is 2.89. The van der Waals surface area contributed by atoms with Crippen LogP contribution in [0.3, 0.4) is 0 Å². The van der Waals surface area contributed by atoms with Crippen LogP contribution < -0.4 is 5.32 Å². The van der Waals surface area contributed by atoms with Gasteiger partial charge in [0, 0.05) is 28.1 Å². The predicted octanol–water partition coefficient (Wildman–Crippen LogP) is 3.97. The smallest absolute Gasteiger partial charge is 0.228 e. The van der Waals surface area contributed by atoms with E-state index in [1.165, 1.54) is 0 Å². The molecule has 2 rings (SSSR count). The molecule has 1 aromatic heterocycles. The van der Waals surface area contributed by atoms with Crippen molar-refractivity contribution in [2.45, 2.75) is 32.2 Å². The van der Waals surface area contributed by atoms with Crippen molar-refractivity contribution in [2.24, 2.45) is 0 Å². The van der Waals surface area contributed by atoms with Gasteiger partial charge in [0.1, 0.15) is 0 Å². The highest BCUT2D eigenvalue weighted by Gasteiger charge is 2.14. The highest BCUT2D eigenvalue weighted by Crippen LogP contribution is 2.25. The van der Waals surface area contributed by atoms with E-state index in [2.05, 4.69) is 22.4 Å². The lowest BCUT2D eigenvalue weighted by molar-refractivity contribution is 0.356. The summed E-state index contributed by atoms with van der Waals surface area (Å²) in [5.74, 6) is 1.12. The summed E-state index contributed by atoms with van der Waals surface area (Å²) >= 11 is 11.9. The first-order valence-electron chi connectivity index (χ1n) is 6.58. The lowest BCUT2D eigenvalue weighted by atomic mass is 10.1. The second-order valence-corrected chi connectivity index (χ2v) is 5.52. The van der Waals surface area contributed by atoms with E-state index in [-0.39, 0.29) is 0 Å². The number of likely N-dealkylation sites (N-methyl/N-ethyl adjacent to an activating group) is 1. The van der Waals surface area contributed by atoms with Crippen molar-refractivity contribution >= 4 is 23.2 Å². The zero-order valence-electron chi connectivity index (χ0n) is 11.5.